The van der Waals surface area contributed by atoms with Crippen LogP contribution in [-0.4, -0.2) is 49.3 Å². The zero-order valence-electron chi connectivity index (χ0n) is 18.2. The summed E-state index contributed by atoms with van der Waals surface area (Å²) in [6.07, 6.45) is 4.42. The molecule has 1 aliphatic rings. The Morgan fingerprint density at radius 1 is 1.17 bits per heavy atom. The first-order valence-electron chi connectivity index (χ1n) is 10.4. The van der Waals surface area contributed by atoms with Crippen LogP contribution in [0.1, 0.15) is 57.4 Å². The Morgan fingerprint density at radius 2 is 1.90 bits per heavy atom. The maximum absolute atomic E-state index is 13.0. The fourth-order valence-corrected chi connectivity index (χ4v) is 4.85. The molecule has 0 bridgehead atoms. The number of hydrogen-bond acceptors (Lipinski definition) is 5. The van der Waals surface area contributed by atoms with E-state index in [0.29, 0.717) is 23.8 Å². The van der Waals surface area contributed by atoms with Crippen molar-refractivity contribution in [2.75, 3.05) is 26.5 Å². The molecule has 6 nitrogen and oxygen atoms in total. The summed E-state index contributed by atoms with van der Waals surface area (Å²) in [5.41, 5.74) is 0.930. The highest BCUT2D eigenvalue weighted by Crippen LogP contribution is 2.44. The molecule has 1 N–H and O–H groups in total. The van der Waals surface area contributed by atoms with Crippen LogP contribution in [0, 0.1) is 5.92 Å². The fourth-order valence-electron chi connectivity index (χ4n) is 3.42. The second-order valence-electron chi connectivity index (χ2n) is 7.57. The molecule has 162 valence electrons. The number of nitrogens with one attached hydrogen (secondary N) is 1. The summed E-state index contributed by atoms with van der Waals surface area (Å²) in [6, 6.07) is 5.21. The largest absolute Gasteiger partial charge is 0.493 e. The molecule has 0 saturated carbocycles. The number of carbonyl (C=O) groups excluding carboxylic acids is 2. The van der Waals surface area contributed by atoms with Crippen molar-refractivity contribution in [1.82, 2.24) is 10.2 Å². The molecule has 1 heterocycles. The third kappa shape index (κ3) is 5.81. The minimum atomic E-state index is -0.459. The minimum Gasteiger partial charge on any atom is -0.493 e. The van der Waals surface area contributed by atoms with Gasteiger partial charge in [-0.1, -0.05) is 46.1 Å². The van der Waals surface area contributed by atoms with Crippen LogP contribution in [0.15, 0.2) is 18.2 Å². The number of benzene rings is 1. The van der Waals surface area contributed by atoms with Crippen molar-refractivity contribution in [2.24, 2.45) is 5.92 Å². The molecule has 0 aromatic heterocycles. The van der Waals surface area contributed by atoms with E-state index < -0.39 is 6.04 Å². The molecule has 2 rings (SSSR count). The van der Waals surface area contributed by atoms with Gasteiger partial charge in [-0.2, -0.15) is 0 Å². The van der Waals surface area contributed by atoms with Crippen LogP contribution >= 0.6 is 11.8 Å². The summed E-state index contributed by atoms with van der Waals surface area (Å²) in [5, 5.41) is 2.81. The lowest BCUT2D eigenvalue weighted by Gasteiger charge is -2.30. The third-order valence-electron chi connectivity index (χ3n) is 5.07. The Balaban J connectivity index is 2.19. The number of nitrogens with zero attached hydrogens (tertiary/aromatic N) is 1. The van der Waals surface area contributed by atoms with E-state index in [1.54, 1.807) is 30.9 Å². The van der Waals surface area contributed by atoms with Crippen molar-refractivity contribution < 1.29 is 19.1 Å². The number of carbonyl (C=O) groups is 2. The molecular weight excluding hydrogens is 388 g/mol. The highest BCUT2D eigenvalue weighted by Gasteiger charge is 2.42. The second kappa shape index (κ2) is 11.3. The molecule has 1 fully saturated rings. The number of methoxy groups -OCH3 is 2. The van der Waals surface area contributed by atoms with Gasteiger partial charge in [0.25, 0.3) is 0 Å². The number of amides is 2. The Bertz CT molecular complexity index is 695. The fraction of sp³-hybridized carbons (Fsp3) is 0.636. The molecule has 29 heavy (non-hydrogen) atoms. The Morgan fingerprint density at radius 3 is 2.52 bits per heavy atom. The Kier molecular flexibility index (Phi) is 9.14. The average molecular weight is 423 g/mol. The normalized spacial score (nSPS) is 18.8. The van der Waals surface area contributed by atoms with Crippen LogP contribution in [0.5, 0.6) is 11.5 Å². The van der Waals surface area contributed by atoms with Crippen LogP contribution in [0.25, 0.3) is 0 Å². The van der Waals surface area contributed by atoms with E-state index in [1.807, 2.05) is 32.0 Å². The maximum atomic E-state index is 13.0. The van der Waals surface area contributed by atoms with Crippen LogP contribution < -0.4 is 14.8 Å². The average Bonchev–Trinajstić information content (AvgIpc) is 3.17. The number of hydrogen-bond donors (Lipinski definition) is 1. The molecule has 1 aromatic rings. The molecule has 7 heteroatoms. The van der Waals surface area contributed by atoms with Crippen LogP contribution in [0.4, 0.5) is 0 Å². The molecule has 2 amide bonds. The van der Waals surface area contributed by atoms with Gasteiger partial charge in [-0.3, -0.25) is 9.59 Å². The molecule has 0 spiro atoms. The van der Waals surface area contributed by atoms with Gasteiger partial charge in [-0.25, -0.2) is 0 Å². The smallest absolute Gasteiger partial charge is 0.243 e. The topological polar surface area (TPSA) is 67.9 Å². The SMILES string of the molecule is CCCCCCNC(=O)C1CSC(c2ccc(OC)c(OC)c2)N1C(=O)C(C)C. The molecule has 1 aromatic carbocycles. The van der Waals surface area contributed by atoms with Gasteiger partial charge in [0, 0.05) is 18.2 Å². The Hall–Kier alpha value is -1.89. The van der Waals surface area contributed by atoms with Crippen molar-refractivity contribution in [3.63, 3.8) is 0 Å². The lowest BCUT2D eigenvalue weighted by atomic mass is 10.1. The van der Waals surface area contributed by atoms with Gasteiger partial charge >= 0.3 is 0 Å². The van der Waals surface area contributed by atoms with E-state index in [0.717, 1.165) is 24.8 Å². The minimum absolute atomic E-state index is 0.0130. The number of ether oxygens (including phenoxy) is 2. The van der Waals surface area contributed by atoms with Gasteiger partial charge in [-0.15, -0.1) is 11.8 Å². The molecule has 2 atom stereocenters. The summed E-state index contributed by atoms with van der Waals surface area (Å²) in [4.78, 5) is 27.6. The van der Waals surface area contributed by atoms with Gasteiger partial charge in [0.1, 0.15) is 11.4 Å². The second-order valence-corrected chi connectivity index (χ2v) is 8.68. The first kappa shape index (κ1) is 23.4. The first-order valence-corrected chi connectivity index (χ1v) is 11.4. The molecule has 0 radical (unpaired) electrons. The van der Waals surface area contributed by atoms with Crippen molar-refractivity contribution in [2.45, 2.75) is 57.9 Å². The number of rotatable bonds is 10. The maximum Gasteiger partial charge on any atom is 0.243 e. The standard InChI is InChI=1S/C22H34N2O4S/c1-6-7-8-9-12-23-20(25)17-14-29-22(24(17)21(26)15(2)3)16-10-11-18(27-4)19(13-16)28-5/h10-11,13,15,17,22H,6-9,12,14H2,1-5H3,(H,23,25). The van der Waals surface area contributed by atoms with E-state index in [-0.39, 0.29) is 23.1 Å². The zero-order valence-corrected chi connectivity index (χ0v) is 19.0. The zero-order chi connectivity index (χ0) is 21.4. The summed E-state index contributed by atoms with van der Waals surface area (Å²) in [5.74, 6) is 1.58. The van der Waals surface area contributed by atoms with Crippen molar-refractivity contribution in [3.05, 3.63) is 23.8 Å². The van der Waals surface area contributed by atoms with Gasteiger partial charge in [0.05, 0.1) is 14.2 Å². The first-order chi connectivity index (χ1) is 13.9. The van der Waals surface area contributed by atoms with Crippen molar-refractivity contribution >= 4 is 23.6 Å². The lowest BCUT2D eigenvalue weighted by molar-refractivity contribution is -0.142. The summed E-state index contributed by atoms with van der Waals surface area (Å²) in [6.45, 7) is 6.57. The highest BCUT2D eigenvalue weighted by molar-refractivity contribution is 7.99. The van der Waals surface area contributed by atoms with E-state index in [2.05, 4.69) is 12.2 Å². The van der Waals surface area contributed by atoms with Crippen LogP contribution in [0.2, 0.25) is 0 Å². The molecule has 2 unspecified atom stereocenters. The van der Waals surface area contributed by atoms with Gasteiger partial charge in [0.2, 0.25) is 11.8 Å². The predicted octanol–water partition coefficient (Wildman–Crippen LogP) is 4.00. The molecule has 0 aliphatic carbocycles. The summed E-state index contributed by atoms with van der Waals surface area (Å²) >= 11 is 1.61. The van der Waals surface area contributed by atoms with E-state index in [1.165, 1.54) is 6.42 Å². The van der Waals surface area contributed by atoms with Gasteiger partial charge in [0.15, 0.2) is 11.5 Å². The predicted molar refractivity (Wildman–Crippen MR) is 117 cm³/mol. The molecule has 1 aliphatic heterocycles. The van der Waals surface area contributed by atoms with E-state index in [9.17, 15) is 9.59 Å². The van der Waals surface area contributed by atoms with E-state index in [4.69, 9.17) is 9.47 Å². The lowest BCUT2D eigenvalue weighted by Crippen LogP contribution is -2.49. The third-order valence-corrected chi connectivity index (χ3v) is 6.40. The molecular formula is C22H34N2O4S. The molecule has 1 saturated heterocycles. The van der Waals surface area contributed by atoms with Gasteiger partial charge < -0.3 is 19.7 Å². The number of thioether (sulfide) groups is 1. The van der Waals surface area contributed by atoms with Crippen molar-refractivity contribution in [1.29, 1.82) is 0 Å². The highest BCUT2D eigenvalue weighted by atomic mass is 32.2. The summed E-state index contributed by atoms with van der Waals surface area (Å²) in [7, 11) is 3.19. The van der Waals surface area contributed by atoms with Gasteiger partial charge in [-0.05, 0) is 24.1 Å². The summed E-state index contributed by atoms with van der Waals surface area (Å²) < 4.78 is 10.7. The van der Waals surface area contributed by atoms with Crippen LogP contribution in [-0.2, 0) is 9.59 Å². The van der Waals surface area contributed by atoms with E-state index >= 15 is 0 Å². The van der Waals surface area contributed by atoms with Crippen molar-refractivity contribution in [3.8, 4) is 11.5 Å². The monoisotopic (exact) mass is 422 g/mol. The quantitative estimate of drug-likeness (QED) is 0.577. The Labute approximate surface area is 178 Å². The van der Waals surface area contributed by atoms with Crippen LogP contribution in [0.3, 0.4) is 0 Å². The number of unbranched alkanes of at least 4 members (excludes halogenated alkanes) is 3.